The zero-order valence-electron chi connectivity index (χ0n) is 13.1. The zero-order chi connectivity index (χ0) is 17.8. The van der Waals surface area contributed by atoms with E-state index in [1.54, 1.807) is 0 Å². The summed E-state index contributed by atoms with van der Waals surface area (Å²) in [4.78, 5) is 45.0. The molecule has 2 atom stereocenters. The molecule has 0 aliphatic carbocycles. The predicted octanol–water partition coefficient (Wildman–Crippen LogP) is -2.74. The molecule has 0 bridgehead atoms. The third-order valence-electron chi connectivity index (χ3n) is 2.91. The van der Waals surface area contributed by atoms with Gasteiger partial charge in [-0.3, -0.25) is 19.2 Å². The van der Waals surface area contributed by atoms with Crippen molar-refractivity contribution < 1.29 is 24.3 Å². The molecule has 0 spiro atoms. The van der Waals surface area contributed by atoms with Crippen molar-refractivity contribution in [2.75, 3.05) is 19.6 Å². The van der Waals surface area contributed by atoms with Crippen LogP contribution in [-0.2, 0) is 19.2 Å². The Balaban J connectivity index is 4.02. The van der Waals surface area contributed by atoms with Crippen molar-refractivity contribution in [2.24, 2.45) is 11.5 Å². The Morgan fingerprint density at radius 3 is 2.22 bits per heavy atom. The van der Waals surface area contributed by atoms with Gasteiger partial charge in [0.15, 0.2) is 0 Å². The second-order valence-electron chi connectivity index (χ2n) is 5.01. The van der Waals surface area contributed by atoms with Gasteiger partial charge in [0.05, 0.1) is 12.6 Å². The lowest BCUT2D eigenvalue weighted by atomic mass is 10.1. The molecule has 0 aromatic heterocycles. The van der Waals surface area contributed by atoms with Gasteiger partial charge in [0.2, 0.25) is 17.7 Å². The number of nitrogens with one attached hydrogen (secondary N) is 3. The summed E-state index contributed by atoms with van der Waals surface area (Å²) in [5.41, 5.74) is 11.0. The number of unbranched alkanes of at least 4 members (excludes halogenated alkanes) is 1. The lowest BCUT2D eigenvalue weighted by molar-refractivity contribution is -0.138. The number of hydrogen-bond donors (Lipinski definition) is 6. The molecule has 0 saturated carbocycles. The molecule has 23 heavy (non-hydrogen) atoms. The molecule has 10 heteroatoms. The average molecular weight is 331 g/mol. The number of aliphatic carboxylic acids is 1. The molecule has 3 amide bonds. The lowest BCUT2D eigenvalue weighted by Gasteiger charge is -2.15. The lowest BCUT2D eigenvalue weighted by Crippen LogP contribution is -2.50. The average Bonchev–Trinajstić information content (AvgIpc) is 2.50. The normalized spacial score (nSPS) is 12.8. The number of carbonyl (C=O) groups excluding carboxylic acids is 3. The Morgan fingerprint density at radius 2 is 1.65 bits per heavy atom. The second kappa shape index (κ2) is 11.4. The summed E-state index contributed by atoms with van der Waals surface area (Å²) in [5, 5.41) is 15.3. The third-order valence-corrected chi connectivity index (χ3v) is 2.91. The van der Waals surface area contributed by atoms with Crippen LogP contribution in [0.25, 0.3) is 0 Å². The van der Waals surface area contributed by atoms with Crippen LogP contribution in [0.15, 0.2) is 0 Å². The third kappa shape index (κ3) is 10.2. The summed E-state index contributed by atoms with van der Waals surface area (Å²) in [6.07, 6.45) is 1.96. The van der Waals surface area contributed by atoms with E-state index < -0.39 is 42.3 Å². The first-order chi connectivity index (χ1) is 10.8. The fraction of sp³-hybridized carbons (Fsp3) is 0.692. The van der Waals surface area contributed by atoms with Crippen LogP contribution in [0.3, 0.4) is 0 Å². The highest BCUT2D eigenvalue weighted by atomic mass is 16.4. The van der Waals surface area contributed by atoms with Crippen LogP contribution in [0.2, 0.25) is 0 Å². The van der Waals surface area contributed by atoms with E-state index in [-0.39, 0.29) is 6.54 Å². The van der Waals surface area contributed by atoms with Crippen molar-refractivity contribution in [3.8, 4) is 0 Å². The van der Waals surface area contributed by atoms with Crippen molar-refractivity contribution in [3.63, 3.8) is 0 Å². The molecule has 0 aliphatic heterocycles. The Bertz CT molecular complexity index is 429. The maximum Gasteiger partial charge on any atom is 0.322 e. The van der Waals surface area contributed by atoms with Crippen LogP contribution in [0.4, 0.5) is 0 Å². The number of amides is 3. The molecule has 0 rings (SSSR count). The fourth-order valence-electron chi connectivity index (χ4n) is 1.61. The van der Waals surface area contributed by atoms with Crippen molar-refractivity contribution in [2.45, 2.75) is 38.3 Å². The Hall–Kier alpha value is -2.20. The van der Waals surface area contributed by atoms with E-state index in [0.29, 0.717) is 13.0 Å². The van der Waals surface area contributed by atoms with Gasteiger partial charge in [-0.05, 0) is 26.3 Å². The van der Waals surface area contributed by atoms with Crippen LogP contribution in [0.5, 0.6) is 0 Å². The van der Waals surface area contributed by atoms with E-state index in [1.165, 1.54) is 6.92 Å². The van der Waals surface area contributed by atoms with Crippen LogP contribution in [0.1, 0.15) is 26.2 Å². The highest BCUT2D eigenvalue weighted by Gasteiger charge is 2.18. The topological polar surface area (TPSA) is 177 Å². The summed E-state index contributed by atoms with van der Waals surface area (Å²) in [6.45, 7) is 1.07. The van der Waals surface area contributed by atoms with Crippen molar-refractivity contribution >= 4 is 23.7 Å². The van der Waals surface area contributed by atoms with Gasteiger partial charge >= 0.3 is 5.97 Å². The molecule has 132 valence electrons. The number of hydrogen-bond acceptors (Lipinski definition) is 6. The standard InChI is InChI=1S/C13H25N5O5/c1-8(12(22)17-7-11(20)21)18-10(19)6-16-13(23)9(15)4-2-3-5-14/h8-9H,2-7,14-15H2,1H3,(H,16,23)(H,17,22)(H,18,19)(H,20,21). The van der Waals surface area contributed by atoms with E-state index >= 15 is 0 Å². The minimum Gasteiger partial charge on any atom is -0.480 e. The quantitative estimate of drug-likeness (QED) is 0.222. The monoisotopic (exact) mass is 331 g/mol. The first kappa shape index (κ1) is 20.8. The van der Waals surface area contributed by atoms with E-state index in [4.69, 9.17) is 16.6 Å². The van der Waals surface area contributed by atoms with Gasteiger partial charge in [-0.1, -0.05) is 6.42 Å². The van der Waals surface area contributed by atoms with Crippen LogP contribution in [0, 0.1) is 0 Å². The summed E-state index contributed by atoms with van der Waals surface area (Å²) in [5.74, 6) is -2.86. The van der Waals surface area contributed by atoms with Gasteiger partial charge in [-0.15, -0.1) is 0 Å². The van der Waals surface area contributed by atoms with E-state index in [1.807, 2.05) is 0 Å². The molecule has 0 fully saturated rings. The van der Waals surface area contributed by atoms with Crippen molar-refractivity contribution in [1.82, 2.24) is 16.0 Å². The molecule has 8 N–H and O–H groups in total. The van der Waals surface area contributed by atoms with Crippen LogP contribution >= 0.6 is 0 Å². The van der Waals surface area contributed by atoms with Gasteiger partial charge in [-0.25, -0.2) is 0 Å². The number of carbonyl (C=O) groups is 4. The van der Waals surface area contributed by atoms with Crippen LogP contribution < -0.4 is 27.4 Å². The molecule has 0 heterocycles. The first-order valence-corrected chi connectivity index (χ1v) is 7.30. The Kier molecular flexibility index (Phi) is 10.3. The van der Waals surface area contributed by atoms with Crippen LogP contribution in [-0.4, -0.2) is 60.5 Å². The van der Waals surface area contributed by atoms with Gasteiger partial charge in [0.1, 0.15) is 12.6 Å². The second-order valence-corrected chi connectivity index (χ2v) is 5.01. The smallest absolute Gasteiger partial charge is 0.322 e. The summed E-state index contributed by atoms with van der Waals surface area (Å²) < 4.78 is 0. The molecule has 10 nitrogen and oxygen atoms in total. The van der Waals surface area contributed by atoms with E-state index in [2.05, 4.69) is 16.0 Å². The van der Waals surface area contributed by atoms with E-state index in [0.717, 1.165) is 12.8 Å². The van der Waals surface area contributed by atoms with Crippen molar-refractivity contribution in [1.29, 1.82) is 0 Å². The molecule has 0 saturated heterocycles. The number of carboxylic acid groups (broad SMARTS) is 1. The maximum atomic E-state index is 11.6. The SMILES string of the molecule is CC(NC(=O)CNC(=O)C(N)CCCCN)C(=O)NCC(=O)O. The highest BCUT2D eigenvalue weighted by Crippen LogP contribution is 1.97. The van der Waals surface area contributed by atoms with Gasteiger partial charge in [-0.2, -0.15) is 0 Å². The van der Waals surface area contributed by atoms with Gasteiger partial charge < -0.3 is 32.5 Å². The molecule has 0 radical (unpaired) electrons. The zero-order valence-corrected chi connectivity index (χ0v) is 13.1. The number of rotatable bonds is 11. The fourth-order valence-corrected chi connectivity index (χ4v) is 1.61. The molecular formula is C13H25N5O5. The highest BCUT2D eigenvalue weighted by molar-refractivity contribution is 5.91. The summed E-state index contributed by atoms with van der Waals surface area (Å²) >= 11 is 0. The first-order valence-electron chi connectivity index (χ1n) is 7.30. The van der Waals surface area contributed by atoms with E-state index in [9.17, 15) is 19.2 Å². The van der Waals surface area contributed by atoms with Crippen molar-refractivity contribution in [3.05, 3.63) is 0 Å². The Morgan fingerprint density at radius 1 is 1.04 bits per heavy atom. The largest absolute Gasteiger partial charge is 0.480 e. The molecular weight excluding hydrogens is 306 g/mol. The molecule has 0 aromatic rings. The molecule has 0 aliphatic rings. The van der Waals surface area contributed by atoms with Gasteiger partial charge in [0.25, 0.3) is 0 Å². The Labute approximate surface area is 134 Å². The predicted molar refractivity (Wildman–Crippen MR) is 82.1 cm³/mol. The number of carboxylic acids is 1. The summed E-state index contributed by atoms with van der Waals surface area (Å²) in [7, 11) is 0. The summed E-state index contributed by atoms with van der Waals surface area (Å²) in [6, 6.07) is -1.64. The minimum atomic E-state index is -1.19. The maximum absolute atomic E-state index is 11.6. The molecule has 0 aromatic carbocycles. The minimum absolute atomic E-state index is 0.319. The molecule has 2 unspecified atom stereocenters. The number of nitrogens with two attached hydrogens (primary N) is 2. The van der Waals surface area contributed by atoms with Gasteiger partial charge in [0, 0.05) is 0 Å².